The molecule has 0 radical (unpaired) electrons. The molecule has 1 aromatic carbocycles. The van der Waals surface area contributed by atoms with Crippen LogP contribution in [0.3, 0.4) is 0 Å². The molecule has 31 heavy (non-hydrogen) atoms. The molecule has 1 aliphatic rings. The number of hydrogen-bond acceptors (Lipinski definition) is 7. The van der Waals surface area contributed by atoms with Gasteiger partial charge >= 0.3 is 11.9 Å². The van der Waals surface area contributed by atoms with E-state index in [4.69, 9.17) is 18.9 Å². The maximum atomic E-state index is 12.4. The van der Waals surface area contributed by atoms with Gasteiger partial charge < -0.3 is 28.8 Å². The van der Waals surface area contributed by atoms with Crippen LogP contribution in [0.15, 0.2) is 24.3 Å². The smallest absolute Gasteiger partial charge is 0.339 e. The zero-order valence-electron chi connectivity index (χ0n) is 18.0. The molecule has 2 heterocycles. The number of benzene rings is 1. The van der Waals surface area contributed by atoms with Crippen molar-refractivity contribution in [2.45, 2.75) is 40.3 Å². The minimum Gasteiger partial charge on any atom is -0.486 e. The first-order valence-corrected chi connectivity index (χ1v) is 10.0. The van der Waals surface area contributed by atoms with Crippen molar-refractivity contribution < 1.29 is 33.3 Å². The van der Waals surface area contributed by atoms with Crippen molar-refractivity contribution in [3.8, 4) is 11.5 Å². The molecule has 166 valence electrons. The van der Waals surface area contributed by atoms with Gasteiger partial charge in [-0.3, -0.25) is 9.59 Å². The number of carbonyl (C=O) groups is 3. The lowest BCUT2D eigenvalue weighted by Gasteiger charge is -2.19. The van der Waals surface area contributed by atoms with Gasteiger partial charge in [0.2, 0.25) is 0 Å². The van der Waals surface area contributed by atoms with E-state index < -0.39 is 23.9 Å². The molecule has 3 rings (SSSR count). The number of aromatic nitrogens is 1. The first-order valence-electron chi connectivity index (χ1n) is 10.0. The molecule has 0 bridgehead atoms. The van der Waals surface area contributed by atoms with Crippen molar-refractivity contribution in [2.75, 3.05) is 25.1 Å². The summed E-state index contributed by atoms with van der Waals surface area (Å²) in [7, 11) is 0. The van der Waals surface area contributed by atoms with Gasteiger partial charge in [-0.25, -0.2) is 4.79 Å². The standard InChI is InChI=1S/C22H26N2O7/c1-5-28-22(27)17-10-13(2)24(14(17)3)12-20(25)31-15(4)21(26)23-16-6-7-18-19(11-16)30-9-8-29-18/h6-7,10-11,15H,5,8-9,12H2,1-4H3,(H,23,26). The second kappa shape index (κ2) is 9.55. The molecular formula is C22H26N2O7. The van der Waals surface area contributed by atoms with Crippen molar-refractivity contribution in [1.82, 2.24) is 4.57 Å². The number of fused-ring (bicyclic) bond motifs is 1. The lowest BCUT2D eigenvalue weighted by molar-refractivity contribution is -0.153. The minimum atomic E-state index is -1.01. The second-order valence-corrected chi connectivity index (χ2v) is 7.07. The van der Waals surface area contributed by atoms with E-state index in [1.54, 1.807) is 49.6 Å². The average Bonchev–Trinajstić information content (AvgIpc) is 3.02. The Balaban J connectivity index is 1.59. The number of hydrogen-bond donors (Lipinski definition) is 1. The Morgan fingerprint density at radius 2 is 1.84 bits per heavy atom. The Labute approximate surface area is 180 Å². The zero-order valence-corrected chi connectivity index (χ0v) is 18.0. The van der Waals surface area contributed by atoms with Crippen molar-refractivity contribution >= 4 is 23.5 Å². The first kappa shape index (κ1) is 22.2. The van der Waals surface area contributed by atoms with Crippen LogP contribution in [0.1, 0.15) is 35.6 Å². The fourth-order valence-corrected chi connectivity index (χ4v) is 3.24. The van der Waals surface area contributed by atoms with E-state index in [0.29, 0.717) is 47.4 Å². The Morgan fingerprint density at radius 3 is 2.55 bits per heavy atom. The summed E-state index contributed by atoms with van der Waals surface area (Å²) in [6, 6.07) is 6.71. The fraction of sp³-hybridized carbons (Fsp3) is 0.409. The van der Waals surface area contributed by atoms with Gasteiger partial charge in [-0.05, 0) is 45.9 Å². The normalized spacial score (nSPS) is 13.3. The van der Waals surface area contributed by atoms with E-state index in [2.05, 4.69) is 5.32 Å². The summed E-state index contributed by atoms with van der Waals surface area (Å²) in [4.78, 5) is 36.9. The highest BCUT2D eigenvalue weighted by molar-refractivity contribution is 5.95. The van der Waals surface area contributed by atoms with Crippen LogP contribution in [0.4, 0.5) is 5.69 Å². The molecule has 1 aliphatic heterocycles. The number of aryl methyl sites for hydroxylation is 1. The Morgan fingerprint density at radius 1 is 1.13 bits per heavy atom. The second-order valence-electron chi connectivity index (χ2n) is 7.07. The highest BCUT2D eigenvalue weighted by Crippen LogP contribution is 2.32. The molecule has 9 nitrogen and oxygen atoms in total. The monoisotopic (exact) mass is 430 g/mol. The summed E-state index contributed by atoms with van der Waals surface area (Å²) >= 11 is 0. The van der Waals surface area contributed by atoms with Crippen molar-refractivity contribution in [1.29, 1.82) is 0 Å². The number of nitrogens with one attached hydrogen (secondary N) is 1. The van der Waals surface area contributed by atoms with Crippen LogP contribution in [0.25, 0.3) is 0 Å². The molecule has 0 saturated carbocycles. The molecular weight excluding hydrogens is 404 g/mol. The molecule has 0 saturated heterocycles. The van der Waals surface area contributed by atoms with Crippen molar-refractivity contribution in [3.63, 3.8) is 0 Å². The van der Waals surface area contributed by atoms with Crippen LogP contribution in [0.5, 0.6) is 11.5 Å². The van der Waals surface area contributed by atoms with E-state index in [1.165, 1.54) is 6.92 Å². The van der Waals surface area contributed by atoms with E-state index in [9.17, 15) is 14.4 Å². The van der Waals surface area contributed by atoms with Gasteiger partial charge in [-0.2, -0.15) is 0 Å². The highest BCUT2D eigenvalue weighted by Gasteiger charge is 2.22. The molecule has 1 atom stereocenters. The largest absolute Gasteiger partial charge is 0.486 e. The van der Waals surface area contributed by atoms with Crippen LogP contribution >= 0.6 is 0 Å². The number of amides is 1. The Hall–Kier alpha value is -3.49. The number of ether oxygens (including phenoxy) is 4. The third kappa shape index (κ3) is 5.17. The zero-order chi connectivity index (χ0) is 22.5. The van der Waals surface area contributed by atoms with Gasteiger partial charge in [-0.15, -0.1) is 0 Å². The number of esters is 2. The molecule has 0 aliphatic carbocycles. The molecule has 1 unspecified atom stereocenters. The van der Waals surface area contributed by atoms with Crippen molar-refractivity contribution in [2.24, 2.45) is 0 Å². The third-order valence-electron chi connectivity index (χ3n) is 4.84. The SMILES string of the molecule is CCOC(=O)c1cc(C)n(CC(=O)OC(C)C(=O)Nc2ccc3c(c2)OCCO3)c1C. The number of carbonyl (C=O) groups excluding carboxylic acids is 3. The van der Waals surface area contributed by atoms with E-state index in [1.807, 2.05) is 0 Å². The summed E-state index contributed by atoms with van der Waals surface area (Å²) < 4.78 is 22.9. The maximum absolute atomic E-state index is 12.4. The lowest BCUT2D eigenvalue weighted by Crippen LogP contribution is -2.31. The first-order chi connectivity index (χ1) is 14.8. The van der Waals surface area contributed by atoms with Gasteiger partial charge in [0.1, 0.15) is 19.8 Å². The summed E-state index contributed by atoms with van der Waals surface area (Å²) in [5, 5.41) is 2.70. The number of anilines is 1. The van der Waals surface area contributed by atoms with E-state index in [-0.39, 0.29) is 13.2 Å². The topological polar surface area (TPSA) is 105 Å². The summed E-state index contributed by atoms with van der Waals surface area (Å²) in [6.07, 6.45) is -1.01. The number of nitrogens with zero attached hydrogens (tertiary/aromatic N) is 1. The summed E-state index contributed by atoms with van der Waals surface area (Å²) in [6.45, 7) is 7.78. The molecule has 1 aromatic heterocycles. The van der Waals surface area contributed by atoms with E-state index in [0.717, 1.165) is 0 Å². The molecule has 2 aromatic rings. The molecule has 1 amide bonds. The minimum absolute atomic E-state index is 0.126. The lowest BCUT2D eigenvalue weighted by atomic mass is 10.2. The average molecular weight is 430 g/mol. The van der Waals surface area contributed by atoms with E-state index >= 15 is 0 Å². The van der Waals surface area contributed by atoms with Crippen LogP contribution in [0.2, 0.25) is 0 Å². The van der Waals surface area contributed by atoms with Gasteiger partial charge in [0.15, 0.2) is 17.6 Å². The van der Waals surface area contributed by atoms with Crippen LogP contribution in [-0.2, 0) is 25.6 Å². The van der Waals surface area contributed by atoms with Crippen molar-refractivity contribution in [3.05, 3.63) is 41.2 Å². The summed E-state index contributed by atoms with van der Waals surface area (Å²) in [5.41, 5.74) is 2.22. The molecule has 0 fully saturated rings. The van der Waals surface area contributed by atoms with Gasteiger partial charge in [0.25, 0.3) is 5.91 Å². The van der Waals surface area contributed by atoms with Crippen LogP contribution in [-0.4, -0.2) is 48.3 Å². The molecule has 0 spiro atoms. The quantitative estimate of drug-likeness (QED) is 0.673. The number of rotatable bonds is 7. The van der Waals surface area contributed by atoms with Crippen LogP contribution < -0.4 is 14.8 Å². The third-order valence-corrected chi connectivity index (χ3v) is 4.84. The van der Waals surface area contributed by atoms with Gasteiger partial charge in [0, 0.05) is 23.1 Å². The highest BCUT2D eigenvalue weighted by atomic mass is 16.6. The van der Waals surface area contributed by atoms with Gasteiger partial charge in [-0.1, -0.05) is 0 Å². The maximum Gasteiger partial charge on any atom is 0.339 e. The molecule has 9 heteroatoms. The molecule has 1 N–H and O–H groups in total. The predicted octanol–water partition coefficient (Wildman–Crippen LogP) is 2.62. The summed E-state index contributed by atoms with van der Waals surface area (Å²) in [5.74, 6) is -0.351. The van der Waals surface area contributed by atoms with Gasteiger partial charge in [0.05, 0.1) is 12.2 Å². The van der Waals surface area contributed by atoms with Crippen LogP contribution in [0, 0.1) is 13.8 Å². The Bertz CT molecular complexity index is 996. The fourth-order valence-electron chi connectivity index (χ4n) is 3.24. The Kier molecular flexibility index (Phi) is 6.84. The predicted molar refractivity (Wildman–Crippen MR) is 111 cm³/mol.